The summed E-state index contributed by atoms with van der Waals surface area (Å²) in [5, 5.41) is 6.57. The summed E-state index contributed by atoms with van der Waals surface area (Å²) in [5.41, 5.74) is 1.03. The number of hydrogen-bond donors (Lipinski definition) is 2. The van der Waals surface area contributed by atoms with E-state index in [9.17, 15) is 4.79 Å². The molecule has 1 heterocycles. The van der Waals surface area contributed by atoms with Gasteiger partial charge in [-0.2, -0.15) is 0 Å². The largest absolute Gasteiger partial charge is 0.336 e. The lowest BCUT2D eigenvalue weighted by Crippen LogP contribution is -2.54. The second kappa shape index (κ2) is 7.84. The van der Waals surface area contributed by atoms with Gasteiger partial charge in [-0.25, -0.2) is 4.79 Å². The van der Waals surface area contributed by atoms with Crippen LogP contribution in [-0.4, -0.2) is 36.1 Å². The van der Waals surface area contributed by atoms with Crippen molar-refractivity contribution < 1.29 is 4.79 Å². The second-order valence-corrected chi connectivity index (χ2v) is 6.96. The van der Waals surface area contributed by atoms with Crippen molar-refractivity contribution in [2.45, 2.75) is 45.2 Å². The number of nitrogens with zero attached hydrogens (tertiary/aromatic N) is 1. The first-order valence-electron chi connectivity index (χ1n) is 7.98. The van der Waals surface area contributed by atoms with Crippen molar-refractivity contribution in [3.8, 4) is 0 Å². The molecule has 2 amide bonds. The lowest BCUT2D eigenvalue weighted by atomic mass is 9.98. The van der Waals surface area contributed by atoms with Crippen molar-refractivity contribution in [3.63, 3.8) is 0 Å². The Bertz CT molecular complexity index is 481. The molecular weight excluding hydrogens is 298 g/mol. The summed E-state index contributed by atoms with van der Waals surface area (Å²) in [6.07, 6.45) is 3.83. The molecule has 1 saturated heterocycles. The van der Waals surface area contributed by atoms with Gasteiger partial charge < -0.3 is 10.6 Å². The van der Waals surface area contributed by atoms with Crippen LogP contribution >= 0.6 is 11.6 Å². The van der Waals surface area contributed by atoms with Crippen LogP contribution < -0.4 is 10.6 Å². The van der Waals surface area contributed by atoms with Crippen LogP contribution in [0.15, 0.2) is 24.3 Å². The molecule has 1 aromatic carbocycles. The second-order valence-electron chi connectivity index (χ2n) is 6.52. The Morgan fingerprint density at radius 3 is 2.41 bits per heavy atom. The smallest absolute Gasteiger partial charge is 0.315 e. The summed E-state index contributed by atoms with van der Waals surface area (Å²) >= 11 is 5.84. The van der Waals surface area contributed by atoms with Gasteiger partial charge in [-0.1, -0.05) is 30.2 Å². The summed E-state index contributed by atoms with van der Waals surface area (Å²) in [6, 6.07) is 7.37. The maximum atomic E-state index is 11.9. The molecule has 0 radical (unpaired) electrons. The predicted molar refractivity (Wildman–Crippen MR) is 91.2 cm³/mol. The molecule has 0 bridgehead atoms. The maximum Gasteiger partial charge on any atom is 0.315 e. The zero-order valence-corrected chi connectivity index (χ0v) is 14.2. The SMILES string of the molecule is CC(C)(CNC(=O)NCc1ccc(Cl)cc1)N1CCCCC1. The molecule has 0 spiro atoms. The first-order chi connectivity index (χ1) is 10.5. The van der Waals surface area contributed by atoms with Crippen molar-refractivity contribution in [1.82, 2.24) is 15.5 Å². The molecule has 22 heavy (non-hydrogen) atoms. The molecule has 0 aromatic heterocycles. The Balaban J connectivity index is 1.73. The van der Waals surface area contributed by atoms with Gasteiger partial charge in [-0.05, 0) is 57.5 Å². The van der Waals surface area contributed by atoms with Crippen molar-refractivity contribution in [2.24, 2.45) is 0 Å². The van der Waals surface area contributed by atoms with Gasteiger partial charge in [-0.3, -0.25) is 4.90 Å². The van der Waals surface area contributed by atoms with Crippen LogP contribution in [-0.2, 0) is 6.54 Å². The Morgan fingerprint density at radius 1 is 1.14 bits per heavy atom. The van der Waals surface area contributed by atoms with Crippen molar-refractivity contribution >= 4 is 17.6 Å². The van der Waals surface area contributed by atoms with Gasteiger partial charge >= 0.3 is 6.03 Å². The van der Waals surface area contributed by atoms with E-state index in [0.29, 0.717) is 18.1 Å². The summed E-state index contributed by atoms with van der Waals surface area (Å²) in [6.45, 7) is 7.80. The monoisotopic (exact) mass is 323 g/mol. The molecule has 0 unspecified atom stereocenters. The molecule has 1 aliphatic rings. The molecular formula is C17H26ClN3O. The molecule has 0 saturated carbocycles. The van der Waals surface area contributed by atoms with Crippen LogP contribution in [0.25, 0.3) is 0 Å². The van der Waals surface area contributed by atoms with Gasteiger partial charge in [0.25, 0.3) is 0 Å². The highest BCUT2D eigenvalue weighted by molar-refractivity contribution is 6.30. The quantitative estimate of drug-likeness (QED) is 0.872. The number of amides is 2. The van der Waals surface area contributed by atoms with E-state index >= 15 is 0 Å². The van der Waals surface area contributed by atoms with Crippen LogP contribution in [0.3, 0.4) is 0 Å². The molecule has 0 aliphatic carbocycles. The van der Waals surface area contributed by atoms with E-state index in [4.69, 9.17) is 11.6 Å². The number of halogens is 1. The highest BCUT2D eigenvalue weighted by atomic mass is 35.5. The maximum absolute atomic E-state index is 11.9. The van der Waals surface area contributed by atoms with Gasteiger partial charge in [0.05, 0.1) is 0 Å². The highest BCUT2D eigenvalue weighted by Crippen LogP contribution is 2.19. The summed E-state index contributed by atoms with van der Waals surface area (Å²) < 4.78 is 0. The number of piperidine rings is 1. The van der Waals surface area contributed by atoms with E-state index in [1.54, 1.807) is 0 Å². The van der Waals surface area contributed by atoms with Gasteiger partial charge in [0.1, 0.15) is 0 Å². The first-order valence-corrected chi connectivity index (χ1v) is 8.36. The third-order valence-corrected chi connectivity index (χ3v) is 4.51. The third-order valence-electron chi connectivity index (χ3n) is 4.26. The zero-order chi connectivity index (χ0) is 16.0. The molecule has 4 nitrogen and oxygen atoms in total. The highest BCUT2D eigenvalue weighted by Gasteiger charge is 2.28. The Hall–Kier alpha value is -1.26. The van der Waals surface area contributed by atoms with Crippen LogP contribution in [0.2, 0.25) is 5.02 Å². The van der Waals surface area contributed by atoms with Crippen molar-refractivity contribution in [2.75, 3.05) is 19.6 Å². The minimum atomic E-state index is -0.125. The number of likely N-dealkylation sites (tertiary alicyclic amines) is 1. The molecule has 2 rings (SSSR count). The van der Waals surface area contributed by atoms with Crippen LogP contribution in [0, 0.1) is 0 Å². The fourth-order valence-electron chi connectivity index (χ4n) is 2.75. The molecule has 0 atom stereocenters. The minimum absolute atomic E-state index is 0.00195. The molecule has 1 aliphatic heterocycles. The van der Waals surface area contributed by atoms with Gasteiger partial charge in [0.15, 0.2) is 0 Å². The van der Waals surface area contributed by atoms with E-state index in [-0.39, 0.29) is 11.6 Å². The first kappa shape index (κ1) is 17.1. The Morgan fingerprint density at radius 2 is 1.77 bits per heavy atom. The standard InChI is InChI=1S/C17H26ClN3O/c1-17(2,21-10-4-3-5-11-21)13-20-16(22)19-12-14-6-8-15(18)9-7-14/h6-9H,3-5,10-13H2,1-2H3,(H2,19,20,22). The number of carbonyl (C=O) groups is 1. The molecule has 1 aromatic rings. The summed E-state index contributed by atoms with van der Waals surface area (Å²) in [7, 11) is 0. The van der Waals surface area contributed by atoms with Crippen molar-refractivity contribution in [3.05, 3.63) is 34.9 Å². The average Bonchev–Trinajstić information content (AvgIpc) is 2.53. The number of urea groups is 1. The zero-order valence-electron chi connectivity index (χ0n) is 13.5. The minimum Gasteiger partial charge on any atom is -0.336 e. The van der Waals surface area contributed by atoms with Crippen LogP contribution in [0.1, 0.15) is 38.7 Å². The Kier molecular flexibility index (Phi) is 6.09. The molecule has 1 fully saturated rings. The topological polar surface area (TPSA) is 44.4 Å². The van der Waals surface area contributed by atoms with Crippen LogP contribution in [0.4, 0.5) is 4.79 Å². The summed E-state index contributed by atoms with van der Waals surface area (Å²) in [5.74, 6) is 0. The number of benzene rings is 1. The van der Waals surface area contributed by atoms with E-state index in [0.717, 1.165) is 18.7 Å². The van der Waals surface area contributed by atoms with E-state index in [2.05, 4.69) is 29.4 Å². The normalized spacial score (nSPS) is 16.3. The number of hydrogen-bond acceptors (Lipinski definition) is 2. The van der Waals surface area contributed by atoms with E-state index in [1.807, 2.05) is 24.3 Å². The lowest BCUT2D eigenvalue weighted by Gasteiger charge is -2.41. The summed E-state index contributed by atoms with van der Waals surface area (Å²) in [4.78, 5) is 14.4. The number of carbonyl (C=O) groups excluding carboxylic acids is 1. The van der Waals surface area contributed by atoms with Gasteiger partial charge in [-0.15, -0.1) is 0 Å². The lowest BCUT2D eigenvalue weighted by molar-refractivity contribution is 0.0960. The van der Waals surface area contributed by atoms with Crippen molar-refractivity contribution in [1.29, 1.82) is 0 Å². The predicted octanol–water partition coefficient (Wildman–Crippen LogP) is 3.40. The average molecular weight is 324 g/mol. The fraction of sp³-hybridized carbons (Fsp3) is 0.588. The van der Waals surface area contributed by atoms with E-state index < -0.39 is 0 Å². The molecule has 2 N–H and O–H groups in total. The van der Waals surface area contributed by atoms with Gasteiger partial charge in [0, 0.05) is 23.7 Å². The van der Waals surface area contributed by atoms with Gasteiger partial charge in [0.2, 0.25) is 0 Å². The fourth-order valence-corrected chi connectivity index (χ4v) is 2.88. The molecule has 122 valence electrons. The van der Waals surface area contributed by atoms with E-state index in [1.165, 1.54) is 19.3 Å². The Labute approximate surface area is 138 Å². The number of rotatable bonds is 5. The third kappa shape index (κ3) is 5.18. The molecule has 5 heteroatoms. The van der Waals surface area contributed by atoms with Crippen LogP contribution in [0.5, 0.6) is 0 Å². The number of nitrogens with one attached hydrogen (secondary N) is 2.